The Bertz CT molecular complexity index is 1150. The Morgan fingerprint density at radius 2 is 1.86 bits per heavy atom. The number of carboxylic acids is 1. The fraction of sp³-hybridized carbons (Fsp3) is 0.158. The minimum atomic E-state index is -1.07. The standard InChI is InChI=1S/C19H15Cl2N3O5/c1-24-9-22-15-8-11(2-3-12(15)19(24)28)29-18-13(20)6-10(7-14(18)21)23-16(25)4-5-17(26)27/h2-3,6-9H,4-5H2,1H3,(H,23,25)(H,26,27). The van der Waals surface area contributed by atoms with E-state index in [9.17, 15) is 14.4 Å². The van der Waals surface area contributed by atoms with Crippen LogP contribution < -0.4 is 15.6 Å². The second-order valence-electron chi connectivity index (χ2n) is 6.15. The third kappa shape index (κ3) is 4.85. The fourth-order valence-corrected chi connectivity index (χ4v) is 3.11. The number of aromatic nitrogens is 2. The van der Waals surface area contributed by atoms with Gasteiger partial charge in [0.25, 0.3) is 5.56 Å². The summed E-state index contributed by atoms with van der Waals surface area (Å²) in [6, 6.07) is 7.66. The number of anilines is 1. The van der Waals surface area contributed by atoms with E-state index in [1.54, 1.807) is 25.2 Å². The van der Waals surface area contributed by atoms with Gasteiger partial charge in [0.15, 0.2) is 5.75 Å². The third-order valence-electron chi connectivity index (χ3n) is 3.96. The molecule has 0 radical (unpaired) electrons. The van der Waals surface area contributed by atoms with E-state index in [4.69, 9.17) is 33.0 Å². The summed E-state index contributed by atoms with van der Waals surface area (Å²) in [6.45, 7) is 0. The van der Waals surface area contributed by atoms with E-state index in [1.807, 2.05) is 0 Å². The Morgan fingerprint density at radius 1 is 1.17 bits per heavy atom. The van der Waals surface area contributed by atoms with Crippen molar-refractivity contribution in [3.05, 3.63) is 57.1 Å². The van der Waals surface area contributed by atoms with Crippen LogP contribution in [-0.2, 0) is 16.6 Å². The molecule has 0 fully saturated rings. The minimum absolute atomic E-state index is 0.142. The predicted molar refractivity (Wildman–Crippen MR) is 109 cm³/mol. The van der Waals surface area contributed by atoms with Gasteiger partial charge in [-0.2, -0.15) is 0 Å². The Morgan fingerprint density at radius 3 is 2.52 bits per heavy atom. The summed E-state index contributed by atoms with van der Waals surface area (Å²) in [6.07, 6.45) is 0.955. The highest BCUT2D eigenvalue weighted by atomic mass is 35.5. The highest BCUT2D eigenvalue weighted by molar-refractivity contribution is 6.37. The zero-order valence-corrected chi connectivity index (χ0v) is 16.6. The molecular weight excluding hydrogens is 421 g/mol. The van der Waals surface area contributed by atoms with Gasteiger partial charge in [0.05, 0.1) is 33.7 Å². The first-order valence-corrected chi connectivity index (χ1v) is 9.14. The van der Waals surface area contributed by atoms with E-state index in [2.05, 4.69) is 10.3 Å². The number of carbonyl (C=O) groups is 2. The lowest BCUT2D eigenvalue weighted by Gasteiger charge is -2.12. The number of fused-ring (bicyclic) bond motifs is 1. The molecule has 29 heavy (non-hydrogen) atoms. The molecule has 150 valence electrons. The van der Waals surface area contributed by atoms with Crippen LogP contribution in [0.5, 0.6) is 11.5 Å². The number of nitrogens with zero attached hydrogens (tertiary/aromatic N) is 2. The number of hydrogen-bond donors (Lipinski definition) is 2. The average molecular weight is 436 g/mol. The number of benzene rings is 2. The van der Waals surface area contributed by atoms with Crippen molar-refractivity contribution < 1.29 is 19.4 Å². The third-order valence-corrected chi connectivity index (χ3v) is 4.52. The molecule has 0 aliphatic rings. The number of carboxylic acid groups (broad SMARTS) is 1. The Kier molecular flexibility index (Phi) is 6.05. The van der Waals surface area contributed by atoms with Gasteiger partial charge in [-0.25, -0.2) is 4.98 Å². The lowest BCUT2D eigenvalue weighted by Crippen LogP contribution is -2.16. The first kappa shape index (κ1) is 20.6. The number of amides is 1. The summed E-state index contributed by atoms with van der Waals surface area (Å²) in [7, 11) is 1.61. The quantitative estimate of drug-likeness (QED) is 0.608. The van der Waals surface area contributed by atoms with Gasteiger partial charge in [-0.1, -0.05) is 23.2 Å². The topological polar surface area (TPSA) is 111 Å². The van der Waals surface area contributed by atoms with E-state index in [1.165, 1.54) is 23.0 Å². The van der Waals surface area contributed by atoms with Gasteiger partial charge in [-0.05, 0) is 24.3 Å². The van der Waals surface area contributed by atoms with Crippen molar-refractivity contribution >= 4 is 51.7 Å². The Labute approximate surface area is 174 Å². The summed E-state index contributed by atoms with van der Waals surface area (Å²) in [5.41, 5.74) is 0.590. The Balaban J connectivity index is 1.82. The molecular formula is C19H15Cl2N3O5. The number of hydrogen-bond acceptors (Lipinski definition) is 5. The second-order valence-corrected chi connectivity index (χ2v) is 6.97. The van der Waals surface area contributed by atoms with Gasteiger partial charge in [0, 0.05) is 25.2 Å². The molecule has 0 saturated heterocycles. The lowest BCUT2D eigenvalue weighted by atomic mass is 10.2. The SMILES string of the molecule is Cn1cnc2cc(Oc3c(Cl)cc(NC(=O)CCC(=O)O)cc3Cl)ccc2c1=O. The van der Waals surface area contributed by atoms with Crippen LogP contribution >= 0.6 is 23.2 Å². The van der Waals surface area contributed by atoms with Crippen molar-refractivity contribution in [2.75, 3.05) is 5.32 Å². The van der Waals surface area contributed by atoms with Crippen LogP contribution in [0.3, 0.4) is 0 Å². The number of aryl methyl sites for hydroxylation is 1. The van der Waals surface area contributed by atoms with Crippen LogP contribution in [0.15, 0.2) is 41.5 Å². The first-order chi connectivity index (χ1) is 13.7. The highest BCUT2D eigenvalue weighted by Crippen LogP contribution is 2.39. The van der Waals surface area contributed by atoms with Crippen LogP contribution in [0.4, 0.5) is 5.69 Å². The van der Waals surface area contributed by atoms with Gasteiger partial charge in [-0.3, -0.25) is 14.4 Å². The predicted octanol–water partition coefficient (Wildman–Crippen LogP) is 3.84. The number of rotatable bonds is 6. The van der Waals surface area contributed by atoms with Crippen LogP contribution in [0.2, 0.25) is 10.0 Å². The zero-order chi connectivity index (χ0) is 21.1. The van der Waals surface area contributed by atoms with E-state index in [-0.39, 0.29) is 34.2 Å². The van der Waals surface area contributed by atoms with Gasteiger partial charge in [0.1, 0.15) is 5.75 Å². The molecule has 0 aliphatic heterocycles. The summed E-state index contributed by atoms with van der Waals surface area (Å²) in [5.74, 6) is -1.00. The number of carbonyl (C=O) groups excluding carboxylic acids is 1. The van der Waals surface area contributed by atoms with Gasteiger partial charge in [-0.15, -0.1) is 0 Å². The largest absolute Gasteiger partial charge is 0.481 e. The van der Waals surface area contributed by atoms with E-state index in [0.717, 1.165) is 0 Å². The maximum absolute atomic E-state index is 12.1. The molecule has 0 aliphatic carbocycles. The molecule has 0 saturated carbocycles. The summed E-state index contributed by atoms with van der Waals surface area (Å²) >= 11 is 12.5. The van der Waals surface area contributed by atoms with Crippen molar-refractivity contribution in [1.82, 2.24) is 9.55 Å². The average Bonchev–Trinajstić information content (AvgIpc) is 2.66. The summed E-state index contributed by atoms with van der Waals surface area (Å²) in [5, 5.41) is 11.9. The number of aliphatic carboxylic acids is 1. The van der Waals surface area contributed by atoms with Crippen molar-refractivity contribution in [3.63, 3.8) is 0 Å². The normalized spacial score (nSPS) is 10.7. The van der Waals surface area contributed by atoms with Crippen molar-refractivity contribution in [2.24, 2.45) is 7.05 Å². The van der Waals surface area contributed by atoms with E-state index >= 15 is 0 Å². The molecule has 1 heterocycles. The van der Waals surface area contributed by atoms with Crippen molar-refractivity contribution in [2.45, 2.75) is 12.8 Å². The number of nitrogens with one attached hydrogen (secondary N) is 1. The van der Waals surface area contributed by atoms with E-state index < -0.39 is 11.9 Å². The molecule has 2 aromatic carbocycles. The van der Waals surface area contributed by atoms with Crippen molar-refractivity contribution in [1.29, 1.82) is 0 Å². The molecule has 8 nitrogen and oxygen atoms in total. The fourth-order valence-electron chi connectivity index (χ4n) is 2.55. The molecule has 10 heteroatoms. The van der Waals surface area contributed by atoms with Crippen LogP contribution in [0.1, 0.15) is 12.8 Å². The maximum atomic E-state index is 12.1. The number of ether oxygens (including phenoxy) is 1. The van der Waals surface area contributed by atoms with Crippen LogP contribution in [0.25, 0.3) is 10.9 Å². The lowest BCUT2D eigenvalue weighted by molar-refractivity contribution is -0.138. The molecule has 3 rings (SSSR count). The monoisotopic (exact) mass is 435 g/mol. The maximum Gasteiger partial charge on any atom is 0.303 e. The second kappa shape index (κ2) is 8.50. The van der Waals surface area contributed by atoms with Crippen molar-refractivity contribution in [3.8, 4) is 11.5 Å². The summed E-state index contributed by atoms with van der Waals surface area (Å²) < 4.78 is 7.13. The molecule has 0 spiro atoms. The molecule has 1 aromatic heterocycles. The molecule has 1 amide bonds. The van der Waals surface area contributed by atoms with Gasteiger partial charge < -0.3 is 19.7 Å². The van der Waals surface area contributed by atoms with Gasteiger partial charge in [0.2, 0.25) is 5.91 Å². The molecule has 0 atom stereocenters. The molecule has 0 unspecified atom stereocenters. The van der Waals surface area contributed by atoms with Gasteiger partial charge >= 0.3 is 5.97 Å². The summed E-state index contributed by atoms with van der Waals surface area (Å²) in [4.78, 5) is 38.6. The number of halogens is 2. The Hall–Kier alpha value is -3.10. The zero-order valence-electron chi connectivity index (χ0n) is 15.1. The molecule has 2 N–H and O–H groups in total. The van der Waals surface area contributed by atoms with Crippen LogP contribution in [-0.4, -0.2) is 26.5 Å². The highest BCUT2D eigenvalue weighted by Gasteiger charge is 2.14. The van der Waals surface area contributed by atoms with E-state index in [0.29, 0.717) is 22.3 Å². The first-order valence-electron chi connectivity index (χ1n) is 8.38. The smallest absolute Gasteiger partial charge is 0.303 e. The molecule has 0 bridgehead atoms. The van der Waals surface area contributed by atoms with Crippen LogP contribution in [0, 0.1) is 0 Å². The minimum Gasteiger partial charge on any atom is -0.481 e. The molecule has 3 aromatic rings.